The standard InChI is InChI=1S/C54H35N/c1-3-13-40(14-4-1)52-34-43(35-53(55-52)41-15-5-2-6-16-41)39-29-25-37(26-30-39)36-23-27-38(28-24-36)42-31-32-51-47(33-42)46-19-9-12-22-50(46)54(51)48-20-10-7-17-44(48)45-18-8-11-21-49(45)54/h1-35H. The normalized spacial score (nSPS) is 12.9. The van der Waals surface area contributed by atoms with Gasteiger partial charge in [-0.2, -0.15) is 0 Å². The largest absolute Gasteiger partial charge is 0.248 e. The lowest BCUT2D eigenvalue weighted by Crippen LogP contribution is -2.25. The van der Waals surface area contributed by atoms with Crippen molar-refractivity contribution in [3.63, 3.8) is 0 Å². The van der Waals surface area contributed by atoms with Crippen LogP contribution in [-0.4, -0.2) is 4.98 Å². The van der Waals surface area contributed by atoms with Gasteiger partial charge >= 0.3 is 0 Å². The average molecular weight is 698 g/mol. The maximum atomic E-state index is 5.06. The minimum atomic E-state index is -0.309. The zero-order chi connectivity index (χ0) is 36.3. The summed E-state index contributed by atoms with van der Waals surface area (Å²) < 4.78 is 0. The van der Waals surface area contributed by atoms with Gasteiger partial charge in [0.1, 0.15) is 0 Å². The Balaban J connectivity index is 0.932. The van der Waals surface area contributed by atoms with Crippen molar-refractivity contribution in [2.75, 3.05) is 0 Å². The quantitative estimate of drug-likeness (QED) is 0.174. The van der Waals surface area contributed by atoms with Crippen LogP contribution in [0.4, 0.5) is 0 Å². The van der Waals surface area contributed by atoms with Crippen LogP contribution in [0.25, 0.3) is 78.1 Å². The minimum absolute atomic E-state index is 0.309. The molecule has 0 amide bonds. The van der Waals surface area contributed by atoms with E-state index < -0.39 is 0 Å². The molecule has 1 spiro atoms. The highest BCUT2D eigenvalue weighted by molar-refractivity contribution is 5.96. The number of aromatic nitrogens is 1. The summed E-state index contributed by atoms with van der Waals surface area (Å²) in [6, 6.07) is 77.4. The van der Waals surface area contributed by atoms with E-state index in [1.807, 2.05) is 12.1 Å². The van der Waals surface area contributed by atoms with E-state index >= 15 is 0 Å². The van der Waals surface area contributed by atoms with Crippen LogP contribution < -0.4 is 0 Å². The van der Waals surface area contributed by atoms with Gasteiger partial charge in [-0.25, -0.2) is 4.98 Å². The van der Waals surface area contributed by atoms with Gasteiger partial charge in [0, 0.05) is 11.1 Å². The van der Waals surface area contributed by atoms with Crippen LogP contribution in [0.5, 0.6) is 0 Å². The van der Waals surface area contributed by atoms with E-state index in [0.29, 0.717) is 0 Å². The second-order valence-corrected chi connectivity index (χ2v) is 14.7. The molecular formula is C54H35N. The van der Waals surface area contributed by atoms with Gasteiger partial charge in [-0.05, 0) is 96.1 Å². The fraction of sp³-hybridized carbons (Fsp3) is 0.0185. The van der Waals surface area contributed by atoms with Gasteiger partial charge in [-0.1, -0.05) is 194 Å². The zero-order valence-corrected chi connectivity index (χ0v) is 30.2. The van der Waals surface area contributed by atoms with Crippen LogP contribution in [0.3, 0.4) is 0 Å². The van der Waals surface area contributed by atoms with Crippen LogP contribution in [-0.2, 0) is 5.41 Å². The Bertz CT molecular complexity index is 2780. The summed E-state index contributed by atoms with van der Waals surface area (Å²) in [6.07, 6.45) is 0. The van der Waals surface area contributed by atoms with Gasteiger partial charge in [-0.15, -0.1) is 0 Å². The lowest BCUT2D eigenvalue weighted by atomic mass is 9.70. The molecule has 2 aliphatic carbocycles. The van der Waals surface area contributed by atoms with Gasteiger partial charge in [0.15, 0.2) is 0 Å². The van der Waals surface area contributed by atoms with Crippen LogP contribution in [0.1, 0.15) is 22.3 Å². The van der Waals surface area contributed by atoms with Crippen molar-refractivity contribution in [3.05, 3.63) is 235 Å². The predicted molar refractivity (Wildman–Crippen MR) is 228 cm³/mol. The van der Waals surface area contributed by atoms with Crippen molar-refractivity contribution in [2.45, 2.75) is 5.41 Å². The molecule has 1 heteroatoms. The molecule has 11 rings (SSSR count). The first-order valence-corrected chi connectivity index (χ1v) is 19.0. The second-order valence-electron chi connectivity index (χ2n) is 14.7. The first kappa shape index (κ1) is 31.4. The molecule has 0 saturated heterocycles. The number of fused-ring (bicyclic) bond motifs is 10. The Morgan fingerprint density at radius 1 is 0.236 bits per heavy atom. The molecule has 0 aliphatic heterocycles. The number of nitrogens with zero attached hydrogens (tertiary/aromatic N) is 1. The molecule has 0 N–H and O–H groups in total. The van der Waals surface area contributed by atoms with E-state index in [-0.39, 0.29) is 5.41 Å². The Morgan fingerprint density at radius 2 is 0.582 bits per heavy atom. The molecule has 1 heterocycles. The summed E-state index contributed by atoms with van der Waals surface area (Å²) in [4.78, 5) is 5.06. The van der Waals surface area contributed by atoms with Gasteiger partial charge in [0.2, 0.25) is 0 Å². The second kappa shape index (κ2) is 12.5. The van der Waals surface area contributed by atoms with Crippen molar-refractivity contribution in [3.8, 4) is 78.1 Å². The Kier molecular flexibility index (Phi) is 7.15. The molecule has 0 unspecified atom stereocenters. The summed E-state index contributed by atoms with van der Waals surface area (Å²) >= 11 is 0. The van der Waals surface area contributed by atoms with Crippen LogP contribution in [0.15, 0.2) is 212 Å². The van der Waals surface area contributed by atoms with Gasteiger partial charge in [0.25, 0.3) is 0 Å². The maximum absolute atomic E-state index is 5.06. The molecule has 1 nitrogen and oxygen atoms in total. The van der Waals surface area contributed by atoms with E-state index in [2.05, 4.69) is 200 Å². The van der Waals surface area contributed by atoms with Crippen LogP contribution >= 0.6 is 0 Å². The SMILES string of the molecule is c1ccc(-c2cc(-c3ccc(-c4ccc(-c5ccc6c(c5)-c5ccccc5C65c6ccccc6-c6ccccc65)cc4)cc3)cc(-c3ccccc3)n2)cc1. The maximum Gasteiger partial charge on any atom is 0.0725 e. The van der Waals surface area contributed by atoms with Crippen LogP contribution in [0.2, 0.25) is 0 Å². The zero-order valence-electron chi connectivity index (χ0n) is 30.2. The third kappa shape index (κ3) is 4.90. The third-order valence-electron chi connectivity index (χ3n) is 11.7. The fourth-order valence-electron chi connectivity index (χ4n) is 9.20. The molecule has 1 aromatic heterocycles. The van der Waals surface area contributed by atoms with E-state index in [1.54, 1.807) is 0 Å². The highest BCUT2D eigenvalue weighted by Crippen LogP contribution is 2.62. The summed E-state index contributed by atoms with van der Waals surface area (Å²) in [7, 11) is 0. The Labute approximate surface area is 321 Å². The summed E-state index contributed by atoms with van der Waals surface area (Å²) in [5.74, 6) is 0. The molecule has 256 valence electrons. The predicted octanol–water partition coefficient (Wildman–Crippen LogP) is 13.8. The lowest BCUT2D eigenvalue weighted by Gasteiger charge is -2.30. The topological polar surface area (TPSA) is 12.9 Å². The summed E-state index contributed by atoms with van der Waals surface area (Å²) in [6.45, 7) is 0. The molecule has 0 atom stereocenters. The molecule has 0 saturated carbocycles. The van der Waals surface area contributed by atoms with Gasteiger partial charge in [-0.3, -0.25) is 0 Å². The fourth-order valence-corrected chi connectivity index (χ4v) is 9.20. The van der Waals surface area contributed by atoms with E-state index in [9.17, 15) is 0 Å². The molecule has 9 aromatic rings. The molecule has 55 heavy (non-hydrogen) atoms. The molecule has 0 radical (unpaired) electrons. The first-order valence-electron chi connectivity index (χ1n) is 19.0. The third-order valence-corrected chi connectivity index (χ3v) is 11.7. The number of hydrogen-bond donors (Lipinski definition) is 0. The number of pyridine rings is 1. The van der Waals surface area contributed by atoms with Crippen molar-refractivity contribution < 1.29 is 0 Å². The molecule has 0 fully saturated rings. The average Bonchev–Trinajstić information content (AvgIpc) is 3.74. The molecule has 2 aliphatic rings. The monoisotopic (exact) mass is 697 g/mol. The molecule has 8 aromatic carbocycles. The van der Waals surface area contributed by atoms with Gasteiger partial charge in [0.05, 0.1) is 16.8 Å². The highest BCUT2D eigenvalue weighted by Gasteiger charge is 2.51. The van der Waals surface area contributed by atoms with Gasteiger partial charge < -0.3 is 0 Å². The van der Waals surface area contributed by atoms with Crippen molar-refractivity contribution in [2.24, 2.45) is 0 Å². The first-order chi connectivity index (χ1) is 27.3. The smallest absolute Gasteiger partial charge is 0.0725 e. The molecular weight excluding hydrogens is 663 g/mol. The Hall–Kier alpha value is -7.09. The van der Waals surface area contributed by atoms with Crippen LogP contribution in [0, 0.1) is 0 Å². The van der Waals surface area contributed by atoms with E-state index in [1.165, 1.54) is 72.3 Å². The Morgan fingerprint density at radius 3 is 1.05 bits per heavy atom. The van der Waals surface area contributed by atoms with E-state index in [0.717, 1.165) is 28.1 Å². The van der Waals surface area contributed by atoms with Crippen molar-refractivity contribution >= 4 is 0 Å². The lowest BCUT2D eigenvalue weighted by molar-refractivity contribution is 0.794. The van der Waals surface area contributed by atoms with E-state index in [4.69, 9.17) is 4.98 Å². The number of benzene rings is 8. The van der Waals surface area contributed by atoms with Crippen molar-refractivity contribution in [1.82, 2.24) is 4.98 Å². The summed E-state index contributed by atoms with van der Waals surface area (Å²) in [5.41, 5.74) is 21.8. The number of rotatable bonds is 5. The molecule has 0 bridgehead atoms. The van der Waals surface area contributed by atoms with Crippen molar-refractivity contribution in [1.29, 1.82) is 0 Å². The number of hydrogen-bond acceptors (Lipinski definition) is 1. The summed E-state index contributed by atoms with van der Waals surface area (Å²) in [5, 5.41) is 0. The minimum Gasteiger partial charge on any atom is -0.248 e. The highest BCUT2D eigenvalue weighted by atomic mass is 14.7.